The normalized spacial score (nSPS) is 12.7. The number of halogens is 12. The quantitative estimate of drug-likeness (QED) is 0.152. The molecule has 1 heterocycles. The van der Waals surface area contributed by atoms with Gasteiger partial charge in [-0.25, -0.2) is 0 Å². The summed E-state index contributed by atoms with van der Waals surface area (Å²) >= 11 is 0. The molecule has 61 heavy (non-hydrogen) atoms. The summed E-state index contributed by atoms with van der Waals surface area (Å²) in [6.45, 7) is 0. The maximum atomic E-state index is 14.0. The molecule has 14 heteroatoms. The number of benzene rings is 7. The van der Waals surface area contributed by atoms with Gasteiger partial charge < -0.3 is 9.30 Å². The van der Waals surface area contributed by atoms with E-state index in [9.17, 15) is 52.7 Å². The Morgan fingerprint density at radius 3 is 1.13 bits per heavy atom. The van der Waals surface area contributed by atoms with Crippen molar-refractivity contribution < 1.29 is 57.4 Å². The smallest absolute Gasteiger partial charge is 0.416 e. The van der Waals surface area contributed by atoms with Crippen molar-refractivity contribution >= 4 is 21.8 Å². The lowest BCUT2D eigenvalue weighted by Crippen LogP contribution is -2.11. The van der Waals surface area contributed by atoms with E-state index in [2.05, 4.69) is 0 Å². The Labute approximate surface area is 338 Å². The summed E-state index contributed by atoms with van der Waals surface area (Å²) in [6, 6.07) is 32.6. The van der Waals surface area contributed by atoms with E-state index in [1.165, 1.54) is 43.5 Å². The lowest BCUT2D eigenvalue weighted by molar-refractivity contribution is -0.144. The fourth-order valence-corrected chi connectivity index (χ4v) is 7.60. The first kappa shape index (κ1) is 41.1. The summed E-state index contributed by atoms with van der Waals surface area (Å²) in [6.07, 6.45) is -20.6. The van der Waals surface area contributed by atoms with Crippen LogP contribution in [0, 0.1) is 0 Å². The molecule has 0 saturated heterocycles. The highest BCUT2D eigenvalue weighted by Gasteiger charge is 2.38. The Morgan fingerprint density at radius 1 is 0.361 bits per heavy atom. The minimum Gasteiger partial charge on any atom is -0.496 e. The van der Waals surface area contributed by atoms with Crippen molar-refractivity contribution in [1.29, 1.82) is 0 Å². The summed E-state index contributed by atoms with van der Waals surface area (Å²) in [4.78, 5) is 0. The molecule has 0 atom stereocenters. The van der Waals surface area contributed by atoms with Gasteiger partial charge in [-0.05, 0) is 106 Å². The van der Waals surface area contributed by atoms with Crippen molar-refractivity contribution in [3.63, 3.8) is 0 Å². The zero-order chi connectivity index (χ0) is 43.6. The van der Waals surface area contributed by atoms with Gasteiger partial charge in [0, 0.05) is 21.9 Å². The van der Waals surface area contributed by atoms with Crippen molar-refractivity contribution in [2.24, 2.45) is 0 Å². The fourth-order valence-electron chi connectivity index (χ4n) is 7.60. The van der Waals surface area contributed by atoms with Crippen LogP contribution in [-0.4, -0.2) is 11.7 Å². The molecular weight excluding hydrogens is 822 g/mol. The van der Waals surface area contributed by atoms with Gasteiger partial charge in [0.25, 0.3) is 0 Å². The Bertz CT molecular complexity index is 2770. The highest BCUT2D eigenvalue weighted by atomic mass is 19.4. The van der Waals surface area contributed by atoms with Crippen molar-refractivity contribution in [2.75, 3.05) is 7.11 Å². The predicted octanol–water partition coefficient (Wildman–Crippen LogP) is 15.5. The molecule has 2 nitrogen and oxygen atoms in total. The highest BCUT2D eigenvalue weighted by molar-refractivity contribution is 6.12. The standard InChI is InChI=1S/C47H27F12NO/c1-61-43-13-7-5-11-37(43)35-9-3-2-8-34(35)36-10-4-6-12-40(36)60-41-16-14-26(28-18-30(44(48,49)50)24-31(19-28)45(51,52)53)22-38(41)39-23-27(15-17-42(39)60)29-20-32(46(54,55)56)25-33(21-29)47(57,58)59/h2-25H,1H3. The summed E-state index contributed by atoms with van der Waals surface area (Å²) < 4.78 is 175. The van der Waals surface area contributed by atoms with E-state index in [0.717, 1.165) is 16.7 Å². The van der Waals surface area contributed by atoms with Crippen LogP contribution in [-0.2, 0) is 24.7 Å². The average molecular weight is 850 g/mol. The van der Waals surface area contributed by atoms with Crippen LogP contribution in [0.15, 0.2) is 146 Å². The maximum absolute atomic E-state index is 14.0. The minimum atomic E-state index is -5.14. The zero-order valence-electron chi connectivity index (χ0n) is 31.2. The predicted molar refractivity (Wildman–Crippen MR) is 209 cm³/mol. The number of hydrogen-bond acceptors (Lipinski definition) is 1. The molecule has 8 rings (SSSR count). The summed E-state index contributed by atoms with van der Waals surface area (Å²) in [7, 11) is 1.53. The molecule has 0 radical (unpaired) electrons. The van der Waals surface area contributed by atoms with Crippen molar-refractivity contribution in [3.05, 3.63) is 168 Å². The van der Waals surface area contributed by atoms with E-state index < -0.39 is 58.1 Å². The molecule has 1 aromatic heterocycles. The van der Waals surface area contributed by atoms with Crippen LogP contribution < -0.4 is 4.74 Å². The molecule has 0 bridgehead atoms. The lowest BCUT2D eigenvalue weighted by Gasteiger charge is -2.18. The minimum absolute atomic E-state index is 0.00422. The lowest BCUT2D eigenvalue weighted by atomic mass is 9.93. The van der Waals surface area contributed by atoms with Gasteiger partial charge >= 0.3 is 24.7 Å². The summed E-state index contributed by atoms with van der Waals surface area (Å²) in [5, 5.41) is 0.465. The number of fused-ring (bicyclic) bond motifs is 3. The second-order valence-corrected chi connectivity index (χ2v) is 14.2. The highest BCUT2D eigenvalue weighted by Crippen LogP contribution is 2.45. The van der Waals surface area contributed by atoms with E-state index in [1.807, 2.05) is 48.5 Å². The van der Waals surface area contributed by atoms with E-state index in [0.29, 0.717) is 52.3 Å². The van der Waals surface area contributed by atoms with Crippen LogP contribution in [0.3, 0.4) is 0 Å². The Hall–Kier alpha value is -6.70. The molecular formula is C47H27F12NO. The van der Waals surface area contributed by atoms with Gasteiger partial charge in [-0.15, -0.1) is 0 Å². The third kappa shape index (κ3) is 7.78. The molecule has 0 aliphatic carbocycles. The number of alkyl halides is 12. The number of aromatic nitrogens is 1. The Morgan fingerprint density at radius 2 is 0.721 bits per heavy atom. The van der Waals surface area contributed by atoms with Gasteiger partial charge in [0.15, 0.2) is 0 Å². The molecule has 310 valence electrons. The number of rotatable bonds is 6. The van der Waals surface area contributed by atoms with Crippen LogP contribution >= 0.6 is 0 Å². The van der Waals surface area contributed by atoms with Gasteiger partial charge in [-0.3, -0.25) is 0 Å². The van der Waals surface area contributed by atoms with E-state index >= 15 is 0 Å². The van der Waals surface area contributed by atoms with Gasteiger partial charge in [0.05, 0.1) is 46.1 Å². The first-order chi connectivity index (χ1) is 28.7. The van der Waals surface area contributed by atoms with E-state index in [1.54, 1.807) is 28.8 Å². The first-order valence-electron chi connectivity index (χ1n) is 18.2. The Kier molecular flexibility index (Phi) is 9.95. The molecule has 0 fully saturated rings. The number of para-hydroxylation sites is 2. The summed E-state index contributed by atoms with van der Waals surface area (Å²) in [5.74, 6) is 0.580. The Balaban J connectivity index is 1.43. The third-order valence-corrected chi connectivity index (χ3v) is 10.4. The van der Waals surface area contributed by atoms with Crippen LogP contribution in [0.25, 0.3) is 72.0 Å². The van der Waals surface area contributed by atoms with Gasteiger partial charge in [0.2, 0.25) is 0 Å². The van der Waals surface area contributed by atoms with Gasteiger partial charge in [-0.2, -0.15) is 52.7 Å². The topological polar surface area (TPSA) is 14.2 Å². The largest absolute Gasteiger partial charge is 0.496 e. The molecule has 0 aliphatic heterocycles. The van der Waals surface area contributed by atoms with Crippen LogP contribution in [0.5, 0.6) is 5.75 Å². The average Bonchev–Trinajstić information content (AvgIpc) is 3.55. The summed E-state index contributed by atoms with van der Waals surface area (Å²) in [5.41, 5.74) is -2.96. The second kappa shape index (κ2) is 14.8. The van der Waals surface area contributed by atoms with Crippen LogP contribution in [0.1, 0.15) is 22.3 Å². The molecule has 0 aliphatic rings. The second-order valence-electron chi connectivity index (χ2n) is 14.2. The third-order valence-electron chi connectivity index (χ3n) is 10.4. The van der Waals surface area contributed by atoms with Gasteiger partial charge in [-0.1, -0.05) is 72.8 Å². The van der Waals surface area contributed by atoms with Crippen LogP contribution in [0.2, 0.25) is 0 Å². The SMILES string of the molecule is COc1ccccc1-c1ccccc1-c1ccccc1-n1c2ccc(-c3cc(C(F)(F)F)cc(C(F)(F)F)c3)cc2c2cc(-c3cc(C(F)(F)F)cc(C(F)(F)F)c3)ccc21. The number of hydrogen-bond donors (Lipinski definition) is 0. The fraction of sp³-hybridized carbons (Fsp3) is 0.106. The monoisotopic (exact) mass is 849 g/mol. The first-order valence-corrected chi connectivity index (χ1v) is 18.2. The molecule has 0 spiro atoms. The van der Waals surface area contributed by atoms with E-state index in [-0.39, 0.29) is 34.0 Å². The molecule has 8 aromatic rings. The number of nitrogens with zero attached hydrogens (tertiary/aromatic N) is 1. The van der Waals surface area contributed by atoms with Gasteiger partial charge in [0.1, 0.15) is 5.75 Å². The van der Waals surface area contributed by atoms with Crippen molar-refractivity contribution in [1.82, 2.24) is 4.57 Å². The zero-order valence-corrected chi connectivity index (χ0v) is 31.2. The van der Waals surface area contributed by atoms with Crippen molar-refractivity contribution in [3.8, 4) is 55.9 Å². The van der Waals surface area contributed by atoms with E-state index in [4.69, 9.17) is 4.74 Å². The molecule has 0 saturated carbocycles. The number of methoxy groups -OCH3 is 1. The number of ether oxygens (including phenoxy) is 1. The molecule has 0 N–H and O–H groups in total. The molecule has 7 aromatic carbocycles. The van der Waals surface area contributed by atoms with Crippen molar-refractivity contribution in [2.45, 2.75) is 24.7 Å². The maximum Gasteiger partial charge on any atom is 0.416 e. The van der Waals surface area contributed by atoms with Crippen LogP contribution in [0.4, 0.5) is 52.7 Å². The molecule has 0 unspecified atom stereocenters. The molecule has 0 amide bonds.